The molecule has 0 aliphatic carbocycles. The SMILES string of the molecule is CCc1cc(NC(O)c2cccc(S(=O)(=O)NC(C)C)c2)ccc1F. The lowest BCUT2D eigenvalue weighted by molar-refractivity contribution is 0.208. The number of rotatable bonds is 7. The fourth-order valence-electron chi connectivity index (χ4n) is 2.41. The maximum Gasteiger partial charge on any atom is 0.240 e. The number of aliphatic hydroxyl groups excluding tert-OH is 1. The zero-order valence-electron chi connectivity index (χ0n) is 14.5. The van der Waals surface area contributed by atoms with E-state index < -0.39 is 16.3 Å². The molecule has 0 radical (unpaired) electrons. The van der Waals surface area contributed by atoms with Crippen LogP contribution in [-0.4, -0.2) is 19.6 Å². The summed E-state index contributed by atoms with van der Waals surface area (Å²) in [6.07, 6.45) is -0.587. The van der Waals surface area contributed by atoms with Crippen molar-refractivity contribution in [2.24, 2.45) is 0 Å². The van der Waals surface area contributed by atoms with Gasteiger partial charge in [-0.25, -0.2) is 17.5 Å². The smallest absolute Gasteiger partial charge is 0.240 e. The van der Waals surface area contributed by atoms with Gasteiger partial charge in [0.2, 0.25) is 10.0 Å². The van der Waals surface area contributed by atoms with Crippen LogP contribution < -0.4 is 10.0 Å². The number of anilines is 1. The summed E-state index contributed by atoms with van der Waals surface area (Å²) in [6, 6.07) is 10.3. The zero-order valence-corrected chi connectivity index (χ0v) is 15.3. The Morgan fingerprint density at radius 1 is 1.16 bits per heavy atom. The summed E-state index contributed by atoms with van der Waals surface area (Å²) in [5.41, 5.74) is 1.49. The maximum absolute atomic E-state index is 13.6. The second kappa shape index (κ2) is 7.95. The Kier molecular flexibility index (Phi) is 6.16. The minimum atomic E-state index is -3.64. The van der Waals surface area contributed by atoms with Crippen molar-refractivity contribution in [1.29, 1.82) is 0 Å². The highest BCUT2D eigenvalue weighted by Crippen LogP contribution is 2.22. The van der Waals surface area contributed by atoms with Gasteiger partial charge in [-0.2, -0.15) is 0 Å². The van der Waals surface area contributed by atoms with Gasteiger partial charge in [-0.3, -0.25) is 0 Å². The topological polar surface area (TPSA) is 78.4 Å². The van der Waals surface area contributed by atoms with Crippen LogP contribution in [0.2, 0.25) is 0 Å². The number of benzene rings is 2. The van der Waals surface area contributed by atoms with Crippen molar-refractivity contribution in [2.45, 2.75) is 44.4 Å². The Morgan fingerprint density at radius 2 is 1.88 bits per heavy atom. The standard InChI is InChI=1S/C18H23FN2O3S/c1-4-13-10-15(8-9-17(13)19)20-18(22)14-6-5-7-16(11-14)25(23,24)21-12(2)3/h5-12,18,20-22H,4H2,1-3H3. The lowest BCUT2D eigenvalue weighted by Crippen LogP contribution is -2.30. The van der Waals surface area contributed by atoms with Crippen LogP contribution in [0.4, 0.5) is 10.1 Å². The Morgan fingerprint density at radius 3 is 2.52 bits per heavy atom. The molecule has 2 aromatic rings. The van der Waals surface area contributed by atoms with Crippen molar-refractivity contribution in [3.63, 3.8) is 0 Å². The molecule has 0 fully saturated rings. The first kappa shape index (κ1) is 19.4. The summed E-state index contributed by atoms with van der Waals surface area (Å²) < 4.78 is 40.5. The molecule has 2 rings (SSSR count). The molecule has 0 heterocycles. The second-order valence-electron chi connectivity index (χ2n) is 6.06. The van der Waals surface area contributed by atoms with Gasteiger partial charge in [0.25, 0.3) is 0 Å². The number of aliphatic hydroxyl groups is 1. The molecular weight excluding hydrogens is 343 g/mol. The number of sulfonamides is 1. The van der Waals surface area contributed by atoms with Gasteiger partial charge in [-0.15, -0.1) is 0 Å². The van der Waals surface area contributed by atoms with Crippen molar-refractivity contribution in [1.82, 2.24) is 4.72 Å². The van der Waals surface area contributed by atoms with E-state index in [2.05, 4.69) is 10.0 Å². The van der Waals surface area contributed by atoms with Gasteiger partial charge in [0.15, 0.2) is 6.23 Å². The highest BCUT2D eigenvalue weighted by Gasteiger charge is 2.17. The average Bonchev–Trinajstić information content (AvgIpc) is 2.55. The third-order valence-electron chi connectivity index (χ3n) is 3.60. The summed E-state index contributed by atoms with van der Waals surface area (Å²) in [6.45, 7) is 5.31. The van der Waals surface area contributed by atoms with Gasteiger partial charge >= 0.3 is 0 Å². The van der Waals surface area contributed by atoms with E-state index in [-0.39, 0.29) is 16.8 Å². The summed E-state index contributed by atoms with van der Waals surface area (Å²) in [5, 5.41) is 13.2. The van der Waals surface area contributed by atoms with Crippen LogP contribution in [0.15, 0.2) is 47.4 Å². The Hall–Kier alpha value is -1.96. The van der Waals surface area contributed by atoms with Gasteiger partial charge in [-0.05, 0) is 56.2 Å². The van der Waals surface area contributed by atoms with Gasteiger partial charge in [-0.1, -0.05) is 19.1 Å². The molecule has 25 heavy (non-hydrogen) atoms. The minimum absolute atomic E-state index is 0.0768. The van der Waals surface area contributed by atoms with Crippen LogP contribution in [0, 0.1) is 5.82 Å². The Bertz CT molecular complexity index is 838. The number of hydrogen-bond donors (Lipinski definition) is 3. The van der Waals surface area contributed by atoms with Crippen molar-refractivity contribution in [3.8, 4) is 0 Å². The number of nitrogens with one attached hydrogen (secondary N) is 2. The van der Waals surface area contributed by atoms with E-state index in [4.69, 9.17) is 0 Å². The fraction of sp³-hybridized carbons (Fsp3) is 0.333. The third kappa shape index (κ3) is 5.01. The van der Waals surface area contributed by atoms with Crippen molar-refractivity contribution in [2.75, 3.05) is 5.32 Å². The largest absolute Gasteiger partial charge is 0.369 e. The first-order valence-electron chi connectivity index (χ1n) is 8.08. The maximum atomic E-state index is 13.6. The molecule has 1 atom stereocenters. The number of hydrogen-bond acceptors (Lipinski definition) is 4. The molecule has 0 saturated carbocycles. The first-order chi connectivity index (χ1) is 11.7. The van der Waals surface area contributed by atoms with Gasteiger partial charge in [0.05, 0.1) is 4.90 Å². The lowest BCUT2D eigenvalue weighted by atomic mass is 10.1. The summed E-state index contributed by atoms with van der Waals surface area (Å²) in [7, 11) is -3.64. The second-order valence-corrected chi connectivity index (χ2v) is 7.77. The molecule has 3 N–H and O–H groups in total. The molecule has 0 aliphatic rings. The molecule has 7 heteroatoms. The monoisotopic (exact) mass is 366 g/mol. The lowest BCUT2D eigenvalue weighted by Gasteiger charge is -2.17. The van der Waals surface area contributed by atoms with E-state index in [1.807, 2.05) is 6.92 Å². The third-order valence-corrected chi connectivity index (χ3v) is 5.26. The van der Waals surface area contributed by atoms with Crippen LogP contribution in [0.1, 0.15) is 38.1 Å². The molecule has 2 aromatic carbocycles. The Balaban J connectivity index is 2.23. The van der Waals surface area contributed by atoms with Crippen LogP contribution in [0.5, 0.6) is 0 Å². The van der Waals surface area contributed by atoms with E-state index in [0.717, 1.165) is 0 Å². The average molecular weight is 366 g/mol. The number of aryl methyl sites for hydroxylation is 1. The van der Waals surface area contributed by atoms with E-state index in [0.29, 0.717) is 23.2 Å². The van der Waals surface area contributed by atoms with E-state index in [1.54, 1.807) is 32.0 Å². The van der Waals surface area contributed by atoms with Crippen molar-refractivity contribution in [3.05, 3.63) is 59.4 Å². The molecule has 136 valence electrons. The van der Waals surface area contributed by atoms with E-state index in [9.17, 15) is 17.9 Å². The molecule has 0 bridgehead atoms. The fourth-order valence-corrected chi connectivity index (χ4v) is 3.71. The van der Waals surface area contributed by atoms with Crippen LogP contribution in [0.25, 0.3) is 0 Å². The van der Waals surface area contributed by atoms with Gasteiger partial charge < -0.3 is 10.4 Å². The van der Waals surface area contributed by atoms with E-state index >= 15 is 0 Å². The van der Waals surface area contributed by atoms with Crippen LogP contribution >= 0.6 is 0 Å². The number of halogens is 1. The summed E-state index contributed by atoms with van der Waals surface area (Å²) >= 11 is 0. The van der Waals surface area contributed by atoms with Crippen LogP contribution in [0.3, 0.4) is 0 Å². The van der Waals surface area contributed by atoms with E-state index in [1.165, 1.54) is 24.3 Å². The quantitative estimate of drug-likeness (QED) is 0.658. The highest BCUT2D eigenvalue weighted by molar-refractivity contribution is 7.89. The predicted octanol–water partition coefficient (Wildman–Crippen LogP) is 3.18. The molecule has 0 saturated heterocycles. The molecule has 0 amide bonds. The Labute approximate surface area is 147 Å². The normalized spacial score (nSPS) is 13.0. The highest BCUT2D eigenvalue weighted by atomic mass is 32.2. The molecule has 5 nitrogen and oxygen atoms in total. The molecular formula is C18H23FN2O3S. The van der Waals surface area contributed by atoms with Crippen LogP contribution in [-0.2, 0) is 16.4 Å². The van der Waals surface area contributed by atoms with Gasteiger partial charge in [0.1, 0.15) is 5.82 Å². The van der Waals surface area contributed by atoms with Crippen molar-refractivity contribution < 1.29 is 17.9 Å². The summed E-state index contributed by atoms with van der Waals surface area (Å²) in [4.78, 5) is 0.0768. The van der Waals surface area contributed by atoms with Crippen molar-refractivity contribution >= 4 is 15.7 Å². The predicted molar refractivity (Wildman–Crippen MR) is 96.3 cm³/mol. The minimum Gasteiger partial charge on any atom is -0.369 e. The molecule has 0 aliphatic heterocycles. The molecule has 0 aromatic heterocycles. The zero-order chi connectivity index (χ0) is 18.6. The summed E-state index contributed by atoms with van der Waals surface area (Å²) in [5.74, 6) is -0.296. The molecule has 1 unspecified atom stereocenters. The van der Waals surface area contributed by atoms with Gasteiger partial charge in [0, 0.05) is 17.3 Å². The first-order valence-corrected chi connectivity index (χ1v) is 9.56. The molecule has 0 spiro atoms.